The molecule has 2 N–H and O–H groups in total. The third kappa shape index (κ3) is 4.99. The number of sulfonamides is 1. The zero-order chi connectivity index (χ0) is 25.1. The molecule has 0 amide bonds. The zero-order valence-corrected chi connectivity index (χ0v) is 20.7. The highest BCUT2D eigenvalue weighted by molar-refractivity contribution is 7.92. The molecule has 0 bridgehead atoms. The van der Waals surface area contributed by atoms with E-state index >= 15 is 0 Å². The summed E-state index contributed by atoms with van der Waals surface area (Å²) in [6.07, 6.45) is 1.71. The van der Waals surface area contributed by atoms with Gasteiger partial charge < -0.3 is 10.2 Å². The van der Waals surface area contributed by atoms with Crippen molar-refractivity contribution in [3.63, 3.8) is 0 Å². The van der Waals surface area contributed by atoms with Gasteiger partial charge in [0.2, 0.25) is 5.95 Å². The molecule has 0 radical (unpaired) electrons. The van der Waals surface area contributed by atoms with E-state index in [0.29, 0.717) is 17.3 Å². The van der Waals surface area contributed by atoms with Crippen LogP contribution in [-0.4, -0.2) is 32.5 Å². The number of rotatable bonds is 7. The summed E-state index contributed by atoms with van der Waals surface area (Å²) in [6, 6.07) is 29.8. The second kappa shape index (κ2) is 9.67. The van der Waals surface area contributed by atoms with Crippen LogP contribution in [0.2, 0.25) is 0 Å². The molecule has 0 aliphatic heterocycles. The Hall–Kier alpha value is -4.43. The van der Waals surface area contributed by atoms with Gasteiger partial charge in [0.05, 0.1) is 10.6 Å². The first-order chi connectivity index (χ1) is 17.4. The molecule has 0 atom stereocenters. The third-order valence-corrected chi connectivity index (χ3v) is 7.18. The maximum atomic E-state index is 12.8. The molecule has 0 saturated carbocycles. The molecule has 0 aliphatic rings. The molecule has 5 aromatic rings. The topological polar surface area (TPSA) is 87.2 Å². The lowest BCUT2D eigenvalue weighted by Crippen LogP contribution is -2.13. The number of benzene rings is 4. The maximum absolute atomic E-state index is 12.8. The predicted molar refractivity (Wildman–Crippen MR) is 146 cm³/mol. The number of hydrogen-bond donors (Lipinski definition) is 2. The first kappa shape index (κ1) is 23.3. The summed E-state index contributed by atoms with van der Waals surface area (Å²) in [5.41, 5.74) is 3.98. The molecular weight excluding hydrogens is 470 g/mol. The van der Waals surface area contributed by atoms with Gasteiger partial charge in [-0.25, -0.2) is 18.4 Å². The van der Waals surface area contributed by atoms with Crippen molar-refractivity contribution >= 4 is 43.8 Å². The second-order valence-electron chi connectivity index (χ2n) is 8.49. The number of aromatic nitrogens is 2. The van der Waals surface area contributed by atoms with Gasteiger partial charge in [-0.1, -0.05) is 42.5 Å². The second-order valence-corrected chi connectivity index (χ2v) is 10.2. The number of hydrogen-bond acceptors (Lipinski definition) is 6. The number of nitrogens with one attached hydrogen (secondary N) is 2. The molecule has 1 aromatic heterocycles. The van der Waals surface area contributed by atoms with Gasteiger partial charge in [-0.05, 0) is 65.4 Å². The van der Waals surface area contributed by atoms with E-state index in [9.17, 15) is 8.42 Å². The minimum Gasteiger partial charge on any atom is -0.378 e. The summed E-state index contributed by atoms with van der Waals surface area (Å²) in [4.78, 5) is 11.1. The van der Waals surface area contributed by atoms with Crippen LogP contribution in [0.3, 0.4) is 0 Å². The van der Waals surface area contributed by atoms with Crippen molar-refractivity contribution in [2.24, 2.45) is 0 Å². The Morgan fingerprint density at radius 3 is 2.19 bits per heavy atom. The minimum absolute atomic E-state index is 0.162. The SMILES string of the molecule is CN(C)c1ccc(NS(=O)(=O)c2ccc(Nc3nccc(-c4cccc5ccccc45)n3)cc2)cc1. The quantitative estimate of drug-likeness (QED) is 0.292. The van der Waals surface area contributed by atoms with Crippen LogP contribution in [0, 0.1) is 0 Å². The van der Waals surface area contributed by atoms with Crippen LogP contribution in [0.5, 0.6) is 0 Å². The van der Waals surface area contributed by atoms with Crippen LogP contribution in [0.15, 0.2) is 108 Å². The average molecular weight is 496 g/mol. The third-order valence-electron chi connectivity index (χ3n) is 5.78. The minimum atomic E-state index is -3.72. The average Bonchev–Trinajstić information content (AvgIpc) is 2.89. The van der Waals surface area contributed by atoms with Gasteiger partial charge in [0, 0.05) is 42.9 Å². The normalized spacial score (nSPS) is 11.3. The molecule has 0 saturated heterocycles. The predicted octanol–water partition coefficient (Wildman–Crippen LogP) is 5.91. The van der Waals surface area contributed by atoms with Crippen molar-refractivity contribution in [1.29, 1.82) is 0 Å². The highest BCUT2D eigenvalue weighted by Crippen LogP contribution is 2.28. The Bertz CT molecular complexity index is 1610. The van der Waals surface area contributed by atoms with Gasteiger partial charge in [-0.3, -0.25) is 4.72 Å². The maximum Gasteiger partial charge on any atom is 0.261 e. The summed E-state index contributed by atoms with van der Waals surface area (Å²) < 4.78 is 28.3. The molecule has 8 heteroatoms. The number of fused-ring (bicyclic) bond motifs is 1. The van der Waals surface area contributed by atoms with Crippen molar-refractivity contribution in [2.45, 2.75) is 4.90 Å². The Labute approximate surface area is 210 Å². The Kier molecular flexibility index (Phi) is 6.26. The van der Waals surface area contributed by atoms with Crippen molar-refractivity contribution in [3.8, 4) is 11.3 Å². The van der Waals surface area contributed by atoms with Crippen LogP contribution in [-0.2, 0) is 10.0 Å². The zero-order valence-electron chi connectivity index (χ0n) is 19.9. The van der Waals surface area contributed by atoms with Gasteiger partial charge in [-0.15, -0.1) is 0 Å². The fourth-order valence-corrected chi connectivity index (χ4v) is 4.96. The van der Waals surface area contributed by atoms with E-state index in [-0.39, 0.29) is 4.90 Å². The molecule has 36 heavy (non-hydrogen) atoms. The van der Waals surface area contributed by atoms with Gasteiger partial charge in [-0.2, -0.15) is 0 Å². The molecule has 1 heterocycles. The van der Waals surface area contributed by atoms with Crippen LogP contribution < -0.4 is 14.9 Å². The lowest BCUT2D eigenvalue weighted by atomic mass is 10.0. The van der Waals surface area contributed by atoms with E-state index < -0.39 is 10.0 Å². The number of anilines is 4. The molecule has 0 fully saturated rings. The summed E-state index contributed by atoms with van der Waals surface area (Å²) in [7, 11) is 0.138. The Morgan fingerprint density at radius 2 is 1.44 bits per heavy atom. The highest BCUT2D eigenvalue weighted by atomic mass is 32.2. The van der Waals surface area contributed by atoms with E-state index in [1.807, 2.05) is 61.5 Å². The molecule has 4 aromatic carbocycles. The first-order valence-corrected chi connectivity index (χ1v) is 12.9. The van der Waals surface area contributed by atoms with Gasteiger partial charge in [0.25, 0.3) is 10.0 Å². The summed E-state index contributed by atoms with van der Waals surface area (Å²) in [6.45, 7) is 0. The van der Waals surface area contributed by atoms with Gasteiger partial charge in [0.15, 0.2) is 0 Å². The monoisotopic (exact) mass is 495 g/mol. The van der Waals surface area contributed by atoms with Crippen molar-refractivity contribution in [1.82, 2.24) is 9.97 Å². The lowest BCUT2D eigenvalue weighted by molar-refractivity contribution is 0.601. The van der Waals surface area contributed by atoms with Crippen LogP contribution in [0.25, 0.3) is 22.0 Å². The molecule has 7 nitrogen and oxygen atoms in total. The molecule has 0 unspecified atom stereocenters. The van der Waals surface area contributed by atoms with E-state index in [1.165, 1.54) is 0 Å². The van der Waals surface area contributed by atoms with Crippen LogP contribution >= 0.6 is 0 Å². The summed E-state index contributed by atoms with van der Waals surface area (Å²) in [5.74, 6) is 0.426. The fourth-order valence-electron chi connectivity index (χ4n) is 3.91. The largest absolute Gasteiger partial charge is 0.378 e. The van der Waals surface area contributed by atoms with E-state index in [0.717, 1.165) is 27.7 Å². The van der Waals surface area contributed by atoms with Crippen molar-refractivity contribution < 1.29 is 8.42 Å². The van der Waals surface area contributed by atoms with Crippen LogP contribution in [0.1, 0.15) is 0 Å². The lowest BCUT2D eigenvalue weighted by Gasteiger charge is -2.14. The molecule has 5 rings (SSSR count). The van der Waals surface area contributed by atoms with Gasteiger partial charge >= 0.3 is 0 Å². The number of nitrogens with zero attached hydrogens (tertiary/aromatic N) is 3. The highest BCUT2D eigenvalue weighted by Gasteiger charge is 2.14. The van der Waals surface area contributed by atoms with Crippen molar-refractivity contribution in [2.75, 3.05) is 29.0 Å². The Morgan fingerprint density at radius 1 is 0.750 bits per heavy atom. The molecular formula is C28H25N5O2S. The standard InChI is InChI=1S/C28H25N5O2S/c1-33(2)23-14-10-22(11-15-23)32-36(34,35)24-16-12-21(13-17-24)30-28-29-19-18-27(31-28)26-9-5-7-20-6-3-4-8-25(20)26/h3-19,32H,1-2H3,(H,29,30,31). The van der Waals surface area contributed by atoms with E-state index in [4.69, 9.17) is 0 Å². The summed E-state index contributed by atoms with van der Waals surface area (Å²) in [5, 5.41) is 5.42. The van der Waals surface area contributed by atoms with E-state index in [2.05, 4.69) is 38.2 Å². The summed E-state index contributed by atoms with van der Waals surface area (Å²) >= 11 is 0. The van der Waals surface area contributed by atoms with Crippen LogP contribution in [0.4, 0.5) is 23.0 Å². The molecule has 0 aliphatic carbocycles. The Balaban J connectivity index is 1.33. The van der Waals surface area contributed by atoms with Crippen molar-refractivity contribution in [3.05, 3.63) is 103 Å². The first-order valence-electron chi connectivity index (χ1n) is 11.4. The molecule has 180 valence electrons. The van der Waals surface area contributed by atoms with E-state index in [1.54, 1.807) is 42.6 Å². The molecule has 0 spiro atoms. The fraction of sp³-hybridized carbons (Fsp3) is 0.0714. The smallest absolute Gasteiger partial charge is 0.261 e. The van der Waals surface area contributed by atoms with Gasteiger partial charge in [0.1, 0.15) is 0 Å².